The molecule has 3 nitrogen and oxygen atoms in total. The largest absolute Gasteiger partial charge is 0.297 e. The van der Waals surface area contributed by atoms with Gasteiger partial charge < -0.3 is 0 Å². The molecule has 1 rings (SSSR count). The van der Waals surface area contributed by atoms with Crippen molar-refractivity contribution < 1.29 is 0 Å². The lowest BCUT2D eigenvalue weighted by Gasteiger charge is -2.03. The summed E-state index contributed by atoms with van der Waals surface area (Å²) in [5.74, 6) is 1.56. The summed E-state index contributed by atoms with van der Waals surface area (Å²) < 4.78 is 0. The molecule has 1 heterocycles. The SMILES string of the molecule is C/C=C(\C=C/CC)SC(=N)CSSSCc1cccnn1. The fraction of sp³-hybridized carbons (Fsp3) is 0.357. The lowest BCUT2D eigenvalue weighted by atomic mass is 10.4. The van der Waals surface area contributed by atoms with Gasteiger partial charge in [0.15, 0.2) is 0 Å². The molecule has 7 heteroatoms. The molecule has 1 aromatic heterocycles. The van der Waals surface area contributed by atoms with E-state index in [-0.39, 0.29) is 0 Å². The first-order valence-electron chi connectivity index (χ1n) is 6.52. The standard InChI is InChI=1S/C14H19N3S4/c1-3-5-8-13(4-2)20-14(15)11-19-21-18-10-12-7-6-9-16-17-12/h4-9,15H,3,10-11H2,1-2H3/b8-5-,13-4+,15-14?. The Hall–Kier alpha value is -0.370. The van der Waals surface area contributed by atoms with Crippen LogP contribution in [-0.4, -0.2) is 21.0 Å². The number of nitrogens with zero attached hydrogens (tertiary/aromatic N) is 2. The van der Waals surface area contributed by atoms with Gasteiger partial charge in [-0.25, -0.2) is 0 Å². The first-order chi connectivity index (χ1) is 10.3. The Morgan fingerprint density at radius 2 is 2.24 bits per heavy atom. The Labute approximate surface area is 142 Å². The minimum Gasteiger partial charge on any atom is -0.297 e. The predicted octanol–water partition coefficient (Wildman–Crippen LogP) is 5.59. The maximum Gasteiger partial charge on any atom is 0.0797 e. The summed E-state index contributed by atoms with van der Waals surface area (Å²) in [6.07, 6.45) is 8.95. The van der Waals surface area contributed by atoms with Crippen molar-refractivity contribution in [2.24, 2.45) is 0 Å². The Morgan fingerprint density at radius 1 is 1.38 bits per heavy atom. The van der Waals surface area contributed by atoms with E-state index in [0.717, 1.165) is 28.5 Å². The van der Waals surface area contributed by atoms with Crippen molar-refractivity contribution in [2.45, 2.75) is 26.0 Å². The average Bonchev–Trinajstić information content (AvgIpc) is 2.52. The number of thioether (sulfide) groups is 1. The van der Waals surface area contributed by atoms with E-state index in [9.17, 15) is 0 Å². The quantitative estimate of drug-likeness (QED) is 0.204. The molecule has 0 radical (unpaired) electrons. The third kappa shape index (κ3) is 9.29. The van der Waals surface area contributed by atoms with Crippen molar-refractivity contribution in [2.75, 3.05) is 5.75 Å². The molecule has 21 heavy (non-hydrogen) atoms. The van der Waals surface area contributed by atoms with E-state index in [1.165, 1.54) is 11.8 Å². The molecule has 0 amide bonds. The van der Waals surface area contributed by atoms with Gasteiger partial charge in [0.1, 0.15) is 0 Å². The Kier molecular flexibility index (Phi) is 10.9. The summed E-state index contributed by atoms with van der Waals surface area (Å²) in [5.41, 5.74) is 0.987. The van der Waals surface area contributed by atoms with Crippen LogP contribution in [-0.2, 0) is 5.75 Å². The second-order valence-electron chi connectivity index (χ2n) is 3.83. The van der Waals surface area contributed by atoms with Gasteiger partial charge in [-0.15, -0.1) is 0 Å². The van der Waals surface area contributed by atoms with Gasteiger partial charge in [0.05, 0.1) is 16.5 Å². The third-order valence-electron chi connectivity index (χ3n) is 2.16. The van der Waals surface area contributed by atoms with Crippen LogP contribution in [0.25, 0.3) is 0 Å². The average molecular weight is 358 g/mol. The van der Waals surface area contributed by atoms with E-state index < -0.39 is 0 Å². The highest BCUT2D eigenvalue weighted by Crippen LogP contribution is 2.37. The molecule has 0 unspecified atom stereocenters. The molecule has 0 aliphatic heterocycles. The van der Waals surface area contributed by atoms with Crippen LogP contribution in [0.4, 0.5) is 0 Å². The van der Waals surface area contributed by atoms with Gasteiger partial charge in [0.2, 0.25) is 0 Å². The fourth-order valence-electron chi connectivity index (χ4n) is 1.20. The zero-order valence-electron chi connectivity index (χ0n) is 12.1. The van der Waals surface area contributed by atoms with Gasteiger partial charge >= 0.3 is 0 Å². The smallest absolute Gasteiger partial charge is 0.0797 e. The number of aromatic nitrogens is 2. The van der Waals surface area contributed by atoms with E-state index in [2.05, 4.69) is 29.3 Å². The van der Waals surface area contributed by atoms with E-state index in [1.807, 2.05) is 25.1 Å². The van der Waals surface area contributed by atoms with Crippen molar-refractivity contribution >= 4 is 48.2 Å². The summed E-state index contributed by atoms with van der Waals surface area (Å²) in [6, 6.07) is 3.87. The maximum atomic E-state index is 7.98. The van der Waals surface area contributed by atoms with Crippen LogP contribution in [0.3, 0.4) is 0 Å². The topological polar surface area (TPSA) is 49.6 Å². The van der Waals surface area contributed by atoms with Crippen LogP contribution in [0, 0.1) is 5.41 Å². The molecule has 1 N–H and O–H groups in total. The summed E-state index contributed by atoms with van der Waals surface area (Å²) >= 11 is 1.53. The zero-order valence-corrected chi connectivity index (χ0v) is 15.4. The predicted molar refractivity (Wildman–Crippen MR) is 102 cm³/mol. The molecule has 114 valence electrons. The lowest BCUT2D eigenvalue weighted by Crippen LogP contribution is -1.92. The van der Waals surface area contributed by atoms with Gasteiger partial charge in [-0.3, -0.25) is 5.41 Å². The number of hydrogen-bond donors (Lipinski definition) is 1. The molecule has 0 fully saturated rings. The molecular formula is C14H19N3S4. The van der Waals surface area contributed by atoms with Crippen molar-refractivity contribution in [3.05, 3.63) is 47.2 Å². The monoisotopic (exact) mass is 357 g/mol. The summed E-state index contributed by atoms with van der Waals surface area (Å²) in [5, 5.41) is 16.5. The van der Waals surface area contributed by atoms with Crippen LogP contribution in [0.2, 0.25) is 0 Å². The number of hydrogen-bond acceptors (Lipinski definition) is 7. The van der Waals surface area contributed by atoms with Crippen LogP contribution in [0.15, 0.2) is 41.5 Å². The summed E-state index contributed by atoms with van der Waals surface area (Å²) in [6.45, 7) is 4.12. The van der Waals surface area contributed by atoms with Crippen LogP contribution < -0.4 is 0 Å². The van der Waals surface area contributed by atoms with Gasteiger partial charge in [0.25, 0.3) is 0 Å². The molecule has 0 atom stereocenters. The minimum atomic E-state index is 0.682. The molecule has 0 aromatic carbocycles. The van der Waals surface area contributed by atoms with E-state index in [4.69, 9.17) is 5.41 Å². The lowest BCUT2D eigenvalue weighted by molar-refractivity contribution is 0.972. The molecule has 0 bridgehead atoms. The number of allylic oxidation sites excluding steroid dienone is 3. The minimum absolute atomic E-state index is 0.682. The normalized spacial score (nSPS) is 12.0. The van der Waals surface area contributed by atoms with E-state index in [0.29, 0.717) is 5.04 Å². The van der Waals surface area contributed by atoms with Crippen LogP contribution in [0.1, 0.15) is 26.0 Å². The molecule has 0 saturated heterocycles. The van der Waals surface area contributed by atoms with Gasteiger partial charge in [0, 0.05) is 16.9 Å². The highest BCUT2D eigenvalue weighted by Gasteiger charge is 2.02. The second kappa shape index (κ2) is 12.2. The van der Waals surface area contributed by atoms with Crippen LogP contribution in [0.5, 0.6) is 0 Å². The van der Waals surface area contributed by atoms with Crippen molar-refractivity contribution in [1.82, 2.24) is 10.2 Å². The van der Waals surface area contributed by atoms with E-state index in [1.54, 1.807) is 37.6 Å². The zero-order chi connectivity index (χ0) is 15.3. The highest BCUT2D eigenvalue weighted by atomic mass is 33.5. The van der Waals surface area contributed by atoms with Gasteiger partial charge in [-0.2, -0.15) is 10.2 Å². The third-order valence-corrected chi connectivity index (χ3v) is 7.37. The number of nitrogens with one attached hydrogen (secondary N) is 1. The molecular weight excluding hydrogens is 338 g/mol. The summed E-state index contributed by atoms with van der Waals surface area (Å²) in [7, 11) is 5.12. The second-order valence-corrected chi connectivity index (χ2v) is 9.23. The van der Waals surface area contributed by atoms with Crippen molar-refractivity contribution in [3.63, 3.8) is 0 Å². The van der Waals surface area contributed by atoms with Crippen LogP contribution >= 0.6 is 43.2 Å². The highest BCUT2D eigenvalue weighted by molar-refractivity contribution is 9.09. The molecule has 0 aliphatic rings. The molecule has 1 aromatic rings. The maximum absolute atomic E-state index is 7.98. The Morgan fingerprint density at radius 3 is 2.90 bits per heavy atom. The Bertz CT molecular complexity index is 474. The van der Waals surface area contributed by atoms with Crippen molar-refractivity contribution in [1.29, 1.82) is 5.41 Å². The van der Waals surface area contributed by atoms with Gasteiger partial charge in [-0.1, -0.05) is 58.5 Å². The van der Waals surface area contributed by atoms with E-state index >= 15 is 0 Å². The fourth-order valence-corrected chi connectivity index (χ4v) is 5.64. The first-order valence-corrected chi connectivity index (χ1v) is 11.2. The molecule has 0 spiro atoms. The van der Waals surface area contributed by atoms with Crippen molar-refractivity contribution in [3.8, 4) is 0 Å². The molecule has 0 saturated carbocycles. The summed E-state index contributed by atoms with van der Waals surface area (Å²) in [4.78, 5) is 1.14. The first kappa shape index (κ1) is 18.7. The Balaban J connectivity index is 2.14. The van der Waals surface area contributed by atoms with Gasteiger partial charge in [-0.05, 0) is 35.3 Å². The number of rotatable bonds is 9. The molecule has 0 aliphatic carbocycles.